The van der Waals surface area contributed by atoms with E-state index in [4.69, 9.17) is 19.9 Å². The summed E-state index contributed by atoms with van der Waals surface area (Å²) in [5, 5.41) is 13.8. The Hall–Kier alpha value is -4.52. The maximum Gasteiger partial charge on any atom is 0.257 e. The maximum absolute atomic E-state index is 13.1. The molecule has 4 N–H and O–H groups in total. The van der Waals surface area contributed by atoms with Crippen LogP contribution < -0.4 is 30.6 Å². The number of amides is 4. The van der Waals surface area contributed by atoms with E-state index in [2.05, 4.69) is 20.9 Å². The van der Waals surface area contributed by atoms with E-state index in [0.717, 1.165) is 12.8 Å². The largest absolute Gasteiger partial charge is 0.494 e. The van der Waals surface area contributed by atoms with Crippen LogP contribution in [0.1, 0.15) is 41.6 Å². The van der Waals surface area contributed by atoms with E-state index in [0.29, 0.717) is 47.2 Å². The molecule has 0 aromatic heterocycles. The minimum absolute atomic E-state index is 0.158. The second-order valence-electron chi connectivity index (χ2n) is 9.21. The molecule has 4 amide bonds. The van der Waals surface area contributed by atoms with Gasteiger partial charge in [-0.3, -0.25) is 24.5 Å². The lowest BCUT2D eigenvalue weighted by Crippen LogP contribution is -2.52. The minimum Gasteiger partial charge on any atom is -0.494 e. The monoisotopic (exact) mass is 552 g/mol. The number of fused-ring (bicyclic) bond motifs is 1. The van der Waals surface area contributed by atoms with Gasteiger partial charge in [-0.2, -0.15) is 0 Å². The molecule has 2 aliphatic rings. The van der Waals surface area contributed by atoms with E-state index in [1.165, 1.54) is 19.1 Å². The van der Waals surface area contributed by atoms with Gasteiger partial charge in [0.15, 0.2) is 23.8 Å². The Balaban J connectivity index is 1.51. The van der Waals surface area contributed by atoms with Crippen LogP contribution in [0.25, 0.3) is 0 Å². The summed E-state index contributed by atoms with van der Waals surface area (Å²) in [5.41, 5.74) is 7.23. The molecule has 13 nitrogen and oxygen atoms in total. The maximum atomic E-state index is 13.1. The number of ether oxygens (including phenoxy) is 3. The van der Waals surface area contributed by atoms with E-state index >= 15 is 0 Å². The second-order valence-corrected chi connectivity index (χ2v) is 9.21. The summed E-state index contributed by atoms with van der Waals surface area (Å²) in [5.74, 6) is -0.456. The third kappa shape index (κ3) is 6.37. The van der Waals surface area contributed by atoms with Gasteiger partial charge in [0, 0.05) is 42.8 Å². The van der Waals surface area contributed by atoms with Gasteiger partial charge >= 0.3 is 0 Å². The van der Waals surface area contributed by atoms with Crippen molar-refractivity contribution in [3.63, 3.8) is 0 Å². The Morgan fingerprint density at radius 2 is 1.88 bits per heavy atom. The smallest absolute Gasteiger partial charge is 0.257 e. The van der Waals surface area contributed by atoms with Gasteiger partial charge in [0.2, 0.25) is 11.8 Å². The van der Waals surface area contributed by atoms with Gasteiger partial charge in [0.1, 0.15) is 11.8 Å². The summed E-state index contributed by atoms with van der Waals surface area (Å²) >= 11 is 0. The highest BCUT2D eigenvalue weighted by Gasteiger charge is 2.39. The van der Waals surface area contributed by atoms with Gasteiger partial charge < -0.3 is 30.2 Å². The molecule has 1 fully saturated rings. The topological polar surface area (TPSA) is 174 Å². The number of hydrogen-bond donors (Lipinski definition) is 3. The van der Waals surface area contributed by atoms with Crippen molar-refractivity contribution in [3.05, 3.63) is 41.5 Å². The van der Waals surface area contributed by atoms with Crippen molar-refractivity contribution in [2.24, 2.45) is 16.0 Å². The molecule has 40 heavy (non-hydrogen) atoms. The Bertz CT molecular complexity index is 1300. The van der Waals surface area contributed by atoms with Crippen LogP contribution >= 0.6 is 0 Å². The Morgan fingerprint density at radius 3 is 2.55 bits per heavy atom. The van der Waals surface area contributed by atoms with Gasteiger partial charge in [0.25, 0.3) is 11.8 Å². The number of unbranched alkanes of at least 4 members (excludes halogenated alkanes) is 1. The number of benzene rings is 2. The number of nitrogens with one attached hydrogen (secondary N) is 2. The SMILES string of the molecule is COc1cc(OCC(=O)NCCCCN)cc(OC)c1/N=N/c1cccc2c1CN(C1CCC(=O)NC1=O)C2=O. The summed E-state index contributed by atoms with van der Waals surface area (Å²) in [6.45, 7) is 1.06. The summed E-state index contributed by atoms with van der Waals surface area (Å²) in [4.78, 5) is 50.5. The van der Waals surface area contributed by atoms with Crippen molar-refractivity contribution in [3.8, 4) is 17.2 Å². The molecule has 1 saturated heterocycles. The van der Waals surface area contributed by atoms with Crippen molar-refractivity contribution in [1.29, 1.82) is 0 Å². The first kappa shape index (κ1) is 28.5. The zero-order valence-electron chi connectivity index (χ0n) is 22.4. The van der Waals surface area contributed by atoms with Gasteiger partial charge in [-0.1, -0.05) is 6.07 Å². The number of carbonyl (C=O) groups excluding carboxylic acids is 4. The van der Waals surface area contributed by atoms with E-state index in [-0.39, 0.29) is 49.4 Å². The minimum atomic E-state index is -0.733. The van der Waals surface area contributed by atoms with Crippen molar-refractivity contribution >= 4 is 35.0 Å². The zero-order valence-corrected chi connectivity index (χ0v) is 22.4. The van der Waals surface area contributed by atoms with Crippen molar-refractivity contribution in [2.75, 3.05) is 33.9 Å². The first-order chi connectivity index (χ1) is 19.4. The van der Waals surface area contributed by atoms with Crippen LogP contribution in [0, 0.1) is 0 Å². The summed E-state index contributed by atoms with van der Waals surface area (Å²) in [6, 6.07) is 7.48. The van der Waals surface area contributed by atoms with Crippen molar-refractivity contribution in [2.45, 2.75) is 38.3 Å². The quantitative estimate of drug-likeness (QED) is 0.204. The first-order valence-electron chi connectivity index (χ1n) is 12.9. The molecule has 2 aliphatic heterocycles. The number of nitrogens with zero attached hydrogens (tertiary/aromatic N) is 3. The number of rotatable bonds is 12. The molecule has 1 unspecified atom stereocenters. The van der Waals surface area contributed by atoms with E-state index in [9.17, 15) is 19.2 Å². The normalized spacial score (nSPS) is 16.6. The highest BCUT2D eigenvalue weighted by atomic mass is 16.5. The molecule has 0 spiro atoms. The van der Waals surface area contributed by atoms with Crippen molar-refractivity contribution < 1.29 is 33.4 Å². The van der Waals surface area contributed by atoms with Gasteiger partial charge in [-0.15, -0.1) is 10.2 Å². The number of hydrogen-bond acceptors (Lipinski definition) is 10. The highest BCUT2D eigenvalue weighted by molar-refractivity contribution is 6.06. The van der Waals surface area contributed by atoms with Crippen LogP contribution in [0.5, 0.6) is 17.2 Å². The molecule has 2 heterocycles. The third-order valence-electron chi connectivity index (χ3n) is 6.59. The fourth-order valence-corrected chi connectivity index (χ4v) is 4.52. The molecule has 2 aromatic rings. The average molecular weight is 553 g/mol. The summed E-state index contributed by atoms with van der Waals surface area (Å²) < 4.78 is 16.6. The van der Waals surface area contributed by atoms with E-state index in [1.54, 1.807) is 30.3 Å². The van der Waals surface area contributed by atoms with E-state index < -0.39 is 11.9 Å². The predicted molar refractivity (Wildman–Crippen MR) is 143 cm³/mol. The summed E-state index contributed by atoms with van der Waals surface area (Å²) in [7, 11) is 2.91. The van der Waals surface area contributed by atoms with Crippen LogP contribution in [0.15, 0.2) is 40.6 Å². The van der Waals surface area contributed by atoms with Gasteiger partial charge in [-0.25, -0.2) is 0 Å². The molecule has 4 rings (SSSR count). The fraction of sp³-hybridized carbons (Fsp3) is 0.407. The second kappa shape index (κ2) is 13.0. The van der Waals surface area contributed by atoms with E-state index in [1.807, 2.05) is 0 Å². The Kier molecular flexibility index (Phi) is 9.27. The van der Waals surface area contributed by atoms with Gasteiger partial charge in [0.05, 0.1) is 19.9 Å². The predicted octanol–water partition coefficient (Wildman–Crippen LogP) is 2.11. The Morgan fingerprint density at radius 1 is 1.12 bits per heavy atom. The number of imide groups is 1. The molecule has 2 aromatic carbocycles. The molecule has 0 aliphatic carbocycles. The first-order valence-corrected chi connectivity index (χ1v) is 12.9. The number of azo groups is 1. The standard InChI is InChI=1S/C27H32N6O7/c1-38-21-12-16(40-15-24(35)29-11-4-3-10-28)13-22(39-2)25(21)32-31-19-7-5-6-17-18(19)14-33(27(17)37)20-8-9-23(34)30-26(20)36/h5-7,12-13,20H,3-4,8-11,14-15,28H2,1-2H3,(H,29,35)(H,30,34,36)/b32-31+. The Labute approximate surface area is 231 Å². The van der Waals surface area contributed by atoms with Gasteiger partial charge in [-0.05, 0) is 37.9 Å². The molecule has 1 atom stereocenters. The molecule has 0 saturated carbocycles. The molecular formula is C27H32N6O7. The molecule has 212 valence electrons. The lowest BCUT2D eigenvalue weighted by molar-refractivity contribution is -0.137. The zero-order chi connectivity index (χ0) is 28.6. The third-order valence-corrected chi connectivity index (χ3v) is 6.59. The molecule has 13 heteroatoms. The number of carbonyl (C=O) groups is 4. The highest BCUT2D eigenvalue weighted by Crippen LogP contribution is 2.43. The lowest BCUT2D eigenvalue weighted by Gasteiger charge is -2.29. The number of piperidine rings is 1. The fourth-order valence-electron chi connectivity index (χ4n) is 4.52. The van der Waals surface area contributed by atoms with Crippen LogP contribution in [-0.4, -0.2) is 68.5 Å². The van der Waals surface area contributed by atoms with Crippen LogP contribution in [0.2, 0.25) is 0 Å². The number of methoxy groups -OCH3 is 2. The molecular weight excluding hydrogens is 520 g/mol. The van der Waals surface area contributed by atoms with Crippen LogP contribution in [0.4, 0.5) is 11.4 Å². The number of nitrogens with two attached hydrogens (primary N) is 1. The average Bonchev–Trinajstić information content (AvgIpc) is 3.29. The van der Waals surface area contributed by atoms with Crippen LogP contribution in [0.3, 0.4) is 0 Å². The van der Waals surface area contributed by atoms with Crippen LogP contribution in [-0.2, 0) is 20.9 Å². The lowest BCUT2D eigenvalue weighted by atomic mass is 10.0. The summed E-state index contributed by atoms with van der Waals surface area (Å²) in [6.07, 6.45) is 2.05. The molecule has 0 bridgehead atoms. The molecule has 0 radical (unpaired) electrons. The van der Waals surface area contributed by atoms with Crippen molar-refractivity contribution in [1.82, 2.24) is 15.5 Å².